The van der Waals surface area contributed by atoms with Crippen LogP contribution in [-0.2, 0) is 26.3 Å². The Hall–Kier alpha value is -1.60. The number of hydrogen-bond acceptors (Lipinski definition) is 5. The fourth-order valence-electron chi connectivity index (χ4n) is 1.69. The second-order valence-corrected chi connectivity index (χ2v) is 6.18. The van der Waals surface area contributed by atoms with Crippen molar-refractivity contribution in [2.75, 3.05) is 12.9 Å². The SMILES string of the molecule is COc1ccc(COC(=O)CCCCCS(=O)(=O)O)cc1. The number of esters is 1. The second kappa shape index (κ2) is 8.63. The van der Waals surface area contributed by atoms with Gasteiger partial charge in [-0.3, -0.25) is 9.35 Å². The highest BCUT2D eigenvalue weighted by molar-refractivity contribution is 7.85. The van der Waals surface area contributed by atoms with Crippen LogP contribution < -0.4 is 4.74 Å². The average Bonchev–Trinajstić information content (AvgIpc) is 2.44. The van der Waals surface area contributed by atoms with Crippen molar-refractivity contribution in [2.24, 2.45) is 0 Å². The van der Waals surface area contributed by atoms with Crippen molar-refractivity contribution in [3.63, 3.8) is 0 Å². The smallest absolute Gasteiger partial charge is 0.306 e. The molecule has 0 aromatic heterocycles. The summed E-state index contributed by atoms with van der Waals surface area (Å²) in [5.74, 6) is 0.148. The molecule has 0 saturated carbocycles. The lowest BCUT2D eigenvalue weighted by atomic mass is 10.2. The molecular formula is C14H20O6S. The first kappa shape index (κ1) is 17.5. The highest BCUT2D eigenvalue weighted by atomic mass is 32.2. The Balaban J connectivity index is 2.16. The van der Waals surface area contributed by atoms with E-state index in [0.29, 0.717) is 19.3 Å². The molecule has 7 heteroatoms. The number of ether oxygens (including phenoxy) is 2. The third kappa shape index (κ3) is 8.31. The Bertz CT molecular complexity index is 535. The van der Waals surface area contributed by atoms with Crippen molar-refractivity contribution in [3.05, 3.63) is 29.8 Å². The van der Waals surface area contributed by atoms with Crippen LogP contribution in [-0.4, -0.2) is 31.8 Å². The lowest BCUT2D eigenvalue weighted by Gasteiger charge is -2.06. The topological polar surface area (TPSA) is 89.9 Å². The lowest BCUT2D eigenvalue weighted by molar-refractivity contribution is -0.145. The summed E-state index contributed by atoms with van der Waals surface area (Å²) in [6, 6.07) is 7.22. The van der Waals surface area contributed by atoms with Gasteiger partial charge in [0.25, 0.3) is 10.1 Å². The highest BCUT2D eigenvalue weighted by Crippen LogP contribution is 2.12. The van der Waals surface area contributed by atoms with Crippen molar-refractivity contribution < 1.29 is 27.2 Å². The van der Waals surface area contributed by atoms with Crippen LogP contribution in [0.25, 0.3) is 0 Å². The van der Waals surface area contributed by atoms with Crippen LogP contribution in [0.2, 0.25) is 0 Å². The van der Waals surface area contributed by atoms with Crippen molar-refractivity contribution in [2.45, 2.75) is 32.3 Å². The Morgan fingerprint density at radius 2 is 1.81 bits per heavy atom. The van der Waals surface area contributed by atoms with E-state index >= 15 is 0 Å². The van der Waals surface area contributed by atoms with E-state index in [2.05, 4.69) is 0 Å². The molecule has 6 nitrogen and oxygen atoms in total. The fourth-order valence-corrected chi connectivity index (χ4v) is 2.26. The summed E-state index contributed by atoms with van der Waals surface area (Å²) in [4.78, 5) is 11.5. The molecule has 0 saturated heterocycles. The van der Waals surface area contributed by atoms with Crippen LogP contribution in [0, 0.1) is 0 Å². The number of hydrogen-bond donors (Lipinski definition) is 1. The molecule has 0 amide bonds. The van der Waals surface area contributed by atoms with E-state index in [-0.39, 0.29) is 24.7 Å². The molecule has 21 heavy (non-hydrogen) atoms. The lowest BCUT2D eigenvalue weighted by Crippen LogP contribution is -2.06. The summed E-state index contributed by atoms with van der Waals surface area (Å²) in [7, 11) is -2.32. The average molecular weight is 316 g/mol. The molecule has 0 aliphatic carbocycles. The molecule has 0 radical (unpaired) electrons. The van der Waals surface area contributed by atoms with Crippen molar-refractivity contribution in [3.8, 4) is 5.75 Å². The monoisotopic (exact) mass is 316 g/mol. The van der Waals surface area contributed by atoms with Crippen LogP contribution in [0.1, 0.15) is 31.2 Å². The first-order valence-corrected chi connectivity index (χ1v) is 8.25. The third-order valence-electron chi connectivity index (χ3n) is 2.84. The number of benzene rings is 1. The Morgan fingerprint density at radius 1 is 1.14 bits per heavy atom. The number of rotatable bonds is 9. The maximum atomic E-state index is 11.5. The van der Waals surface area contributed by atoms with Crippen LogP contribution in [0.4, 0.5) is 0 Å². The standard InChI is InChI=1S/C14H20O6S/c1-19-13-8-6-12(7-9-13)11-20-14(15)5-3-2-4-10-21(16,17)18/h6-9H,2-5,10-11H2,1H3,(H,16,17,18). The molecule has 0 aliphatic rings. The molecule has 1 rings (SSSR count). The van der Waals surface area contributed by atoms with Gasteiger partial charge in [0.15, 0.2) is 0 Å². The summed E-state index contributed by atoms with van der Waals surface area (Å²) in [5, 5.41) is 0. The van der Waals surface area contributed by atoms with Crippen LogP contribution in [0.15, 0.2) is 24.3 Å². The zero-order chi connectivity index (χ0) is 15.7. The van der Waals surface area contributed by atoms with E-state index in [4.69, 9.17) is 14.0 Å². The Morgan fingerprint density at radius 3 is 2.38 bits per heavy atom. The first-order chi connectivity index (χ1) is 9.90. The van der Waals surface area contributed by atoms with Crippen LogP contribution in [0.5, 0.6) is 5.75 Å². The zero-order valence-corrected chi connectivity index (χ0v) is 12.8. The van der Waals surface area contributed by atoms with Gasteiger partial charge in [-0.25, -0.2) is 0 Å². The van der Waals surface area contributed by atoms with Crippen LogP contribution in [0.3, 0.4) is 0 Å². The Kier molecular flexibility index (Phi) is 7.18. The minimum Gasteiger partial charge on any atom is -0.497 e. The molecule has 1 N–H and O–H groups in total. The summed E-state index contributed by atoms with van der Waals surface area (Å²) in [6.45, 7) is 0.202. The number of carbonyl (C=O) groups excluding carboxylic acids is 1. The van der Waals surface area contributed by atoms with Gasteiger partial charge in [0, 0.05) is 6.42 Å². The van der Waals surface area contributed by atoms with Gasteiger partial charge in [0.05, 0.1) is 12.9 Å². The van der Waals surface area contributed by atoms with Gasteiger partial charge in [-0.05, 0) is 30.5 Å². The van der Waals surface area contributed by atoms with Crippen molar-refractivity contribution >= 4 is 16.1 Å². The maximum absolute atomic E-state index is 11.5. The second-order valence-electron chi connectivity index (χ2n) is 4.61. The quantitative estimate of drug-likeness (QED) is 0.427. The van der Waals surface area contributed by atoms with E-state index in [0.717, 1.165) is 11.3 Å². The van der Waals surface area contributed by atoms with E-state index in [1.54, 1.807) is 19.2 Å². The molecule has 1 aromatic rings. The minimum absolute atomic E-state index is 0.202. The summed E-state index contributed by atoms with van der Waals surface area (Å²) in [5.41, 5.74) is 0.871. The van der Waals surface area contributed by atoms with Gasteiger partial charge in [-0.15, -0.1) is 0 Å². The molecule has 118 valence electrons. The van der Waals surface area contributed by atoms with Gasteiger partial charge in [-0.1, -0.05) is 18.6 Å². The van der Waals surface area contributed by atoms with Gasteiger partial charge >= 0.3 is 5.97 Å². The Labute approximate surface area is 124 Å². The molecule has 1 aromatic carbocycles. The van der Waals surface area contributed by atoms with Gasteiger partial charge in [-0.2, -0.15) is 8.42 Å². The largest absolute Gasteiger partial charge is 0.497 e. The van der Waals surface area contributed by atoms with Crippen molar-refractivity contribution in [1.29, 1.82) is 0 Å². The van der Waals surface area contributed by atoms with E-state index in [1.807, 2.05) is 12.1 Å². The molecule has 0 bridgehead atoms. The van der Waals surface area contributed by atoms with E-state index in [1.165, 1.54) is 0 Å². The fraction of sp³-hybridized carbons (Fsp3) is 0.500. The molecule has 0 atom stereocenters. The molecule has 0 fully saturated rings. The number of unbranched alkanes of at least 4 members (excludes halogenated alkanes) is 2. The normalized spacial score (nSPS) is 11.1. The summed E-state index contributed by atoms with van der Waals surface area (Å²) in [6.07, 6.45) is 1.67. The first-order valence-electron chi connectivity index (χ1n) is 6.64. The molecule has 0 unspecified atom stereocenters. The van der Waals surface area contributed by atoms with Gasteiger partial charge in [0.2, 0.25) is 0 Å². The molecule has 0 aliphatic heterocycles. The molecule has 0 spiro atoms. The predicted molar refractivity (Wildman–Crippen MR) is 77.7 cm³/mol. The molecular weight excluding hydrogens is 296 g/mol. The molecule has 0 heterocycles. The number of methoxy groups -OCH3 is 1. The predicted octanol–water partition coefficient (Wildman–Crippen LogP) is 2.19. The van der Waals surface area contributed by atoms with Gasteiger partial charge < -0.3 is 9.47 Å². The summed E-state index contributed by atoms with van der Waals surface area (Å²) < 4.78 is 39.7. The summed E-state index contributed by atoms with van der Waals surface area (Å²) >= 11 is 0. The minimum atomic E-state index is -3.90. The number of carbonyl (C=O) groups is 1. The third-order valence-corrected chi connectivity index (χ3v) is 3.65. The van der Waals surface area contributed by atoms with E-state index < -0.39 is 10.1 Å². The highest BCUT2D eigenvalue weighted by Gasteiger charge is 2.06. The van der Waals surface area contributed by atoms with Crippen LogP contribution >= 0.6 is 0 Å². The maximum Gasteiger partial charge on any atom is 0.306 e. The van der Waals surface area contributed by atoms with Gasteiger partial charge in [0.1, 0.15) is 12.4 Å². The van der Waals surface area contributed by atoms with E-state index in [9.17, 15) is 13.2 Å². The zero-order valence-electron chi connectivity index (χ0n) is 11.9. The van der Waals surface area contributed by atoms with Crippen molar-refractivity contribution in [1.82, 2.24) is 0 Å².